The van der Waals surface area contributed by atoms with Crippen molar-refractivity contribution in [2.75, 3.05) is 13.2 Å². The van der Waals surface area contributed by atoms with E-state index in [0.717, 1.165) is 16.6 Å². The number of benzene rings is 3. The van der Waals surface area contributed by atoms with Gasteiger partial charge in [0, 0.05) is 18.2 Å². The molecule has 0 saturated carbocycles. The van der Waals surface area contributed by atoms with Gasteiger partial charge in [0.15, 0.2) is 0 Å². The van der Waals surface area contributed by atoms with E-state index in [0.29, 0.717) is 5.75 Å². The summed E-state index contributed by atoms with van der Waals surface area (Å²) in [5.74, 6) is 0.654. The number of nitrogens with one attached hydrogen (secondary N) is 1. The Kier molecular flexibility index (Phi) is 7.45. The van der Waals surface area contributed by atoms with E-state index in [1.165, 1.54) is 22.3 Å². The monoisotopic (exact) mass is 527 g/mol. The molecule has 1 aliphatic carbocycles. The third-order valence-corrected chi connectivity index (χ3v) is 8.19. The van der Waals surface area contributed by atoms with Crippen molar-refractivity contribution in [2.45, 2.75) is 50.6 Å². The normalized spacial score (nSPS) is 17.7. The van der Waals surface area contributed by atoms with Gasteiger partial charge in [-0.3, -0.25) is 0 Å². The second kappa shape index (κ2) is 10.6. The smallest absolute Gasteiger partial charge is 0.449 e. The van der Waals surface area contributed by atoms with Gasteiger partial charge in [0.1, 0.15) is 6.61 Å². The number of carbonyl (C=O) groups is 1. The van der Waals surface area contributed by atoms with Crippen LogP contribution < -0.4 is 5.32 Å². The SMILES string of the molecule is CC1(C)OB(C(=Cc2cccc(CS)c2)CNC(=O)OCC2c3ccccc3-c3ccccc32)OC1(C)C. The van der Waals surface area contributed by atoms with E-state index in [4.69, 9.17) is 14.0 Å². The molecule has 0 aromatic heterocycles. The molecule has 7 heteroatoms. The molecule has 2 aliphatic rings. The Morgan fingerprint density at radius 1 is 0.947 bits per heavy atom. The molecular formula is C31H34BNO4S. The summed E-state index contributed by atoms with van der Waals surface area (Å²) in [5.41, 5.74) is 6.70. The van der Waals surface area contributed by atoms with Crippen LogP contribution in [0.2, 0.25) is 0 Å². The Morgan fingerprint density at radius 2 is 1.55 bits per heavy atom. The molecule has 1 fully saturated rings. The first-order valence-electron chi connectivity index (χ1n) is 13.0. The molecule has 0 bridgehead atoms. The van der Waals surface area contributed by atoms with Crippen molar-refractivity contribution in [3.63, 3.8) is 0 Å². The minimum Gasteiger partial charge on any atom is -0.449 e. The number of hydrogen-bond acceptors (Lipinski definition) is 5. The highest BCUT2D eigenvalue weighted by molar-refractivity contribution is 7.79. The highest BCUT2D eigenvalue weighted by Crippen LogP contribution is 2.44. The quantitative estimate of drug-likeness (QED) is 0.266. The van der Waals surface area contributed by atoms with Crippen LogP contribution in [0.4, 0.5) is 4.79 Å². The number of fused-ring (bicyclic) bond motifs is 3. The van der Waals surface area contributed by atoms with Crippen molar-refractivity contribution >= 4 is 31.9 Å². The maximum atomic E-state index is 12.9. The van der Waals surface area contributed by atoms with E-state index in [-0.39, 0.29) is 19.1 Å². The van der Waals surface area contributed by atoms with E-state index in [2.05, 4.69) is 48.3 Å². The van der Waals surface area contributed by atoms with E-state index in [1.807, 2.05) is 76.2 Å². The van der Waals surface area contributed by atoms with Crippen molar-refractivity contribution in [1.29, 1.82) is 0 Å². The van der Waals surface area contributed by atoms with Crippen LogP contribution in [-0.4, -0.2) is 37.6 Å². The van der Waals surface area contributed by atoms with Crippen molar-refractivity contribution in [3.8, 4) is 11.1 Å². The summed E-state index contributed by atoms with van der Waals surface area (Å²) < 4.78 is 18.4. The second-order valence-electron chi connectivity index (χ2n) is 10.9. The van der Waals surface area contributed by atoms with Crippen LogP contribution in [0.5, 0.6) is 0 Å². The predicted octanol–water partition coefficient (Wildman–Crippen LogP) is 6.67. The molecule has 1 aliphatic heterocycles. The third kappa shape index (κ3) is 5.28. The second-order valence-corrected chi connectivity index (χ2v) is 11.2. The third-order valence-electron chi connectivity index (χ3n) is 7.82. The first-order valence-corrected chi connectivity index (χ1v) is 13.7. The molecule has 1 heterocycles. The van der Waals surface area contributed by atoms with Crippen LogP contribution in [0.25, 0.3) is 17.2 Å². The molecule has 1 amide bonds. The van der Waals surface area contributed by atoms with Gasteiger partial charge in [-0.25, -0.2) is 4.79 Å². The summed E-state index contributed by atoms with van der Waals surface area (Å²) >= 11 is 4.40. The largest absolute Gasteiger partial charge is 0.492 e. The summed E-state index contributed by atoms with van der Waals surface area (Å²) in [6, 6.07) is 24.7. The zero-order chi connectivity index (χ0) is 26.9. The maximum Gasteiger partial charge on any atom is 0.492 e. The zero-order valence-corrected chi connectivity index (χ0v) is 23.3. The Balaban J connectivity index is 1.30. The van der Waals surface area contributed by atoms with Crippen LogP contribution in [0.15, 0.2) is 78.3 Å². The van der Waals surface area contributed by atoms with Crippen molar-refractivity contribution in [2.24, 2.45) is 0 Å². The molecule has 1 N–H and O–H groups in total. The van der Waals surface area contributed by atoms with Gasteiger partial charge in [-0.05, 0) is 66.5 Å². The molecule has 5 nitrogen and oxygen atoms in total. The number of amides is 1. The number of alkyl carbamates (subject to hydrolysis) is 1. The molecule has 0 atom stereocenters. The van der Waals surface area contributed by atoms with Crippen LogP contribution in [0.1, 0.15) is 55.9 Å². The number of carbonyl (C=O) groups excluding carboxylic acids is 1. The molecule has 38 heavy (non-hydrogen) atoms. The van der Waals surface area contributed by atoms with Gasteiger partial charge in [-0.15, -0.1) is 0 Å². The first-order chi connectivity index (χ1) is 18.2. The lowest BCUT2D eigenvalue weighted by atomic mass is 9.77. The van der Waals surface area contributed by atoms with E-state index >= 15 is 0 Å². The van der Waals surface area contributed by atoms with Gasteiger partial charge in [-0.1, -0.05) is 78.9 Å². The number of thiol groups is 1. The van der Waals surface area contributed by atoms with Crippen LogP contribution >= 0.6 is 12.6 Å². The summed E-state index contributed by atoms with van der Waals surface area (Å²) in [6.07, 6.45) is 1.54. The Bertz CT molecular complexity index is 1310. The Morgan fingerprint density at radius 3 is 2.16 bits per heavy atom. The van der Waals surface area contributed by atoms with Crippen LogP contribution in [-0.2, 0) is 19.8 Å². The summed E-state index contributed by atoms with van der Waals surface area (Å²) in [4.78, 5) is 12.9. The summed E-state index contributed by atoms with van der Waals surface area (Å²) in [5, 5.41) is 2.93. The molecule has 0 unspecified atom stereocenters. The highest BCUT2D eigenvalue weighted by Gasteiger charge is 2.52. The van der Waals surface area contributed by atoms with E-state index < -0.39 is 24.4 Å². The van der Waals surface area contributed by atoms with Crippen molar-refractivity contribution < 1.29 is 18.8 Å². The molecule has 196 valence electrons. The predicted molar refractivity (Wildman–Crippen MR) is 156 cm³/mol. The van der Waals surface area contributed by atoms with Crippen LogP contribution in [0, 0.1) is 0 Å². The fourth-order valence-electron chi connectivity index (χ4n) is 5.02. The molecule has 3 aromatic rings. The molecule has 3 aromatic carbocycles. The van der Waals surface area contributed by atoms with Crippen molar-refractivity contribution in [1.82, 2.24) is 5.32 Å². The molecule has 5 rings (SSSR count). The lowest BCUT2D eigenvalue weighted by Crippen LogP contribution is -2.41. The molecule has 0 spiro atoms. The number of hydrogen-bond donors (Lipinski definition) is 2. The standard InChI is InChI=1S/C31H34BNO4S/c1-30(2)31(3,4)37-32(36-30)23(17-21-10-9-11-22(16-21)20-38)18-33-29(34)35-19-28-26-14-7-5-12-24(26)25-13-6-8-15-27(25)28/h5-17,28,38H,18-20H2,1-4H3,(H,33,34). The van der Waals surface area contributed by atoms with Crippen molar-refractivity contribution in [3.05, 3.63) is 101 Å². The average Bonchev–Trinajstić information content (AvgIpc) is 3.34. The first kappa shape index (κ1) is 26.6. The van der Waals surface area contributed by atoms with Gasteiger partial charge in [0.05, 0.1) is 11.2 Å². The maximum absolute atomic E-state index is 12.9. The topological polar surface area (TPSA) is 56.8 Å². The summed E-state index contributed by atoms with van der Waals surface area (Å²) in [6.45, 7) is 8.57. The van der Waals surface area contributed by atoms with Gasteiger partial charge >= 0.3 is 13.2 Å². The van der Waals surface area contributed by atoms with Gasteiger partial charge in [0.25, 0.3) is 0 Å². The molecular weight excluding hydrogens is 493 g/mol. The summed E-state index contributed by atoms with van der Waals surface area (Å²) in [7, 11) is -0.589. The minimum absolute atomic E-state index is 0.00947. The fraction of sp³-hybridized carbons (Fsp3) is 0.323. The van der Waals surface area contributed by atoms with E-state index in [1.54, 1.807) is 0 Å². The molecule has 1 saturated heterocycles. The Hall–Kier alpha value is -3.00. The average molecular weight is 527 g/mol. The lowest BCUT2D eigenvalue weighted by molar-refractivity contribution is 0.00578. The highest BCUT2D eigenvalue weighted by atomic mass is 32.1. The lowest BCUT2D eigenvalue weighted by Gasteiger charge is -2.32. The number of rotatable bonds is 7. The van der Waals surface area contributed by atoms with Crippen LogP contribution in [0.3, 0.4) is 0 Å². The van der Waals surface area contributed by atoms with E-state index in [9.17, 15) is 4.79 Å². The fourth-order valence-corrected chi connectivity index (χ4v) is 5.21. The van der Waals surface area contributed by atoms with Gasteiger partial charge in [0.2, 0.25) is 0 Å². The van der Waals surface area contributed by atoms with Gasteiger partial charge < -0.3 is 19.4 Å². The zero-order valence-electron chi connectivity index (χ0n) is 22.4. The van der Waals surface area contributed by atoms with Gasteiger partial charge in [-0.2, -0.15) is 12.6 Å². The Labute approximate surface area is 231 Å². The number of ether oxygens (including phenoxy) is 1. The molecule has 0 radical (unpaired) electrons. The minimum atomic E-state index is -0.589.